The molecular weight excluding hydrogens is 206 g/mol. The highest BCUT2D eigenvalue weighted by molar-refractivity contribution is 8.13. The molecule has 0 rings (SSSR count). The molecular formula is C7H9N3O3S. The van der Waals surface area contributed by atoms with Crippen LogP contribution in [-0.4, -0.2) is 30.4 Å². The Morgan fingerprint density at radius 2 is 2.21 bits per heavy atom. The summed E-state index contributed by atoms with van der Waals surface area (Å²) in [5.41, 5.74) is 4.80. The van der Waals surface area contributed by atoms with Gasteiger partial charge >= 0.3 is 12.0 Å². The third-order valence-corrected chi connectivity index (χ3v) is 1.99. The predicted molar refractivity (Wildman–Crippen MR) is 51.7 cm³/mol. The molecule has 0 aliphatic carbocycles. The minimum Gasteiger partial charge on any atom is -0.468 e. The molecule has 0 fully saturated rings. The zero-order valence-corrected chi connectivity index (χ0v) is 8.50. The number of nitriles is 1. The number of ether oxygens (including phenoxy) is 1. The van der Waals surface area contributed by atoms with Crippen molar-refractivity contribution in [2.75, 3.05) is 13.4 Å². The molecule has 2 amide bonds. The van der Waals surface area contributed by atoms with Gasteiger partial charge in [-0.15, -0.1) is 11.8 Å². The highest BCUT2D eigenvalue weighted by Crippen LogP contribution is 2.11. The van der Waals surface area contributed by atoms with Crippen molar-refractivity contribution in [1.82, 2.24) is 0 Å². The van der Waals surface area contributed by atoms with Gasteiger partial charge in [-0.3, -0.25) is 4.79 Å². The Hall–Kier alpha value is -1.55. The summed E-state index contributed by atoms with van der Waals surface area (Å²) in [4.78, 5) is 24.8. The Morgan fingerprint density at radius 3 is 2.50 bits per heavy atom. The molecule has 0 bridgehead atoms. The van der Waals surface area contributed by atoms with Crippen molar-refractivity contribution >= 4 is 28.8 Å². The minimum absolute atomic E-state index is 0.0341. The fraction of sp³-hybridized carbons (Fsp3) is 0.429. The number of nitrogens with zero attached hydrogens (tertiary/aromatic N) is 2. The number of carbonyl (C=O) groups is 2. The molecule has 0 radical (unpaired) electrons. The molecule has 0 saturated heterocycles. The van der Waals surface area contributed by atoms with E-state index in [1.807, 2.05) is 0 Å². The molecule has 0 aromatic rings. The number of hydrogen-bond donors (Lipinski definition) is 1. The van der Waals surface area contributed by atoms with Crippen molar-refractivity contribution in [2.24, 2.45) is 16.6 Å². The Bertz CT molecular complexity index is 308. The molecule has 0 aliphatic rings. The van der Waals surface area contributed by atoms with E-state index in [2.05, 4.69) is 9.73 Å². The maximum Gasteiger partial charge on any atom is 0.339 e. The molecule has 2 N–H and O–H groups in total. The summed E-state index contributed by atoms with van der Waals surface area (Å²) < 4.78 is 4.36. The summed E-state index contributed by atoms with van der Waals surface area (Å²) in [5, 5.41) is 8.68. The second-order valence-corrected chi connectivity index (χ2v) is 2.90. The van der Waals surface area contributed by atoms with Crippen LogP contribution < -0.4 is 5.73 Å². The number of hydrogen-bond acceptors (Lipinski definition) is 5. The second kappa shape index (κ2) is 5.99. The summed E-state index contributed by atoms with van der Waals surface area (Å²) in [6, 6.07) is 0.729. The molecule has 6 nitrogen and oxygen atoms in total. The van der Waals surface area contributed by atoms with E-state index in [4.69, 9.17) is 11.0 Å². The third-order valence-electron chi connectivity index (χ3n) is 1.24. The first kappa shape index (κ1) is 12.4. The number of primary amides is 1. The van der Waals surface area contributed by atoms with Crippen LogP contribution in [0.5, 0.6) is 0 Å². The van der Waals surface area contributed by atoms with Gasteiger partial charge in [0.2, 0.25) is 0 Å². The monoisotopic (exact) mass is 215 g/mol. The van der Waals surface area contributed by atoms with E-state index in [9.17, 15) is 9.59 Å². The molecule has 14 heavy (non-hydrogen) atoms. The van der Waals surface area contributed by atoms with Crippen molar-refractivity contribution < 1.29 is 14.3 Å². The van der Waals surface area contributed by atoms with Crippen LogP contribution in [0.2, 0.25) is 0 Å². The summed E-state index contributed by atoms with van der Waals surface area (Å²) in [7, 11) is 1.15. The number of amides is 2. The molecule has 7 heteroatoms. The first-order valence-electron chi connectivity index (χ1n) is 3.46. The maximum atomic E-state index is 11.0. The van der Waals surface area contributed by atoms with Crippen molar-refractivity contribution in [3.05, 3.63) is 0 Å². The predicted octanol–water partition coefficient (Wildman–Crippen LogP) is 0.139. The van der Waals surface area contributed by atoms with Gasteiger partial charge in [0.1, 0.15) is 5.04 Å². The topological polar surface area (TPSA) is 106 Å². The number of aliphatic imine (C=N–C) groups is 1. The molecule has 0 spiro atoms. The SMILES string of the molecule is COC(=O)C(C#N)/C(=N\C(N)=O)SC. The van der Waals surface area contributed by atoms with E-state index in [0.717, 1.165) is 18.9 Å². The third kappa shape index (κ3) is 3.45. The van der Waals surface area contributed by atoms with Crippen LogP contribution in [0, 0.1) is 17.2 Å². The van der Waals surface area contributed by atoms with Gasteiger partial charge in [-0.25, -0.2) is 4.79 Å². The quantitative estimate of drug-likeness (QED) is 0.400. The first-order chi connectivity index (χ1) is 6.56. The van der Waals surface area contributed by atoms with Crippen molar-refractivity contribution in [1.29, 1.82) is 5.26 Å². The lowest BCUT2D eigenvalue weighted by molar-refractivity contribution is -0.141. The normalized spacial score (nSPS) is 12.8. The lowest BCUT2D eigenvalue weighted by Gasteiger charge is -2.06. The zero-order valence-electron chi connectivity index (χ0n) is 7.68. The lowest BCUT2D eigenvalue weighted by Crippen LogP contribution is -2.23. The molecule has 1 atom stereocenters. The Kier molecular flexibility index (Phi) is 5.33. The van der Waals surface area contributed by atoms with Crippen LogP contribution in [0.15, 0.2) is 4.99 Å². The minimum atomic E-state index is -1.19. The van der Waals surface area contributed by atoms with Crippen molar-refractivity contribution in [3.63, 3.8) is 0 Å². The van der Waals surface area contributed by atoms with Crippen LogP contribution >= 0.6 is 11.8 Å². The van der Waals surface area contributed by atoms with Gasteiger partial charge < -0.3 is 10.5 Å². The Balaban J connectivity index is 4.91. The number of carbonyl (C=O) groups excluding carboxylic acids is 2. The summed E-state index contributed by atoms with van der Waals surface area (Å²) in [5.74, 6) is -1.95. The van der Waals surface area contributed by atoms with Crippen LogP contribution in [0.25, 0.3) is 0 Å². The molecule has 0 heterocycles. The van der Waals surface area contributed by atoms with Gasteiger partial charge in [0.05, 0.1) is 13.2 Å². The van der Waals surface area contributed by atoms with E-state index >= 15 is 0 Å². The number of urea groups is 1. The van der Waals surface area contributed by atoms with Gasteiger partial charge in [0, 0.05) is 0 Å². The van der Waals surface area contributed by atoms with Crippen LogP contribution in [0.3, 0.4) is 0 Å². The molecule has 1 unspecified atom stereocenters. The van der Waals surface area contributed by atoms with Gasteiger partial charge in [0.15, 0.2) is 5.92 Å². The summed E-state index contributed by atoms with van der Waals surface area (Å²) in [6.45, 7) is 0. The van der Waals surface area contributed by atoms with Crippen molar-refractivity contribution in [2.45, 2.75) is 0 Å². The molecule has 76 valence electrons. The highest BCUT2D eigenvalue weighted by Gasteiger charge is 2.25. The second-order valence-electron chi connectivity index (χ2n) is 2.08. The first-order valence-corrected chi connectivity index (χ1v) is 4.68. The van der Waals surface area contributed by atoms with Crippen LogP contribution in [0.4, 0.5) is 4.79 Å². The standard InChI is InChI=1S/C7H9N3O3S/c1-13-6(11)4(3-8)5(14-2)10-7(9)12/h4H,1-2H3,(H2,9,12)/b10-5+. The molecule has 0 saturated carbocycles. The number of methoxy groups -OCH3 is 1. The highest BCUT2D eigenvalue weighted by atomic mass is 32.2. The van der Waals surface area contributed by atoms with E-state index < -0.39 is 17.9 Å². The summed E-state index contributed by atoms with van der Waals surface area (Å²) in [6.07, 6.45) is 1.58. The number of thioether (sulfide) groups is 1. The lowest BCUT2D eigenvalue weighted by atomic mass is 10.2. The number of esters is 1. The van der Waals surface area contributed by atoms with E-state index in [1.165, 1.54) is 0 Å². The molecule has 0 aliphatic heterocycles. The van der Waals surface area contributed by atoms with Crippen molar-refractivity contribution in [3.8, 4) is 6.07 Å². The Morgan fingerprint density at radius 1 is 1.64 bits per heavy atom. The van der Waals surface area contributed by atoms with E-state index in [-0.39, 0.29) is 5.04 Å². The van der Waals surface area contributed by atoms with E-state index in [0.29, 0.717) is 0 Å². The summed E-state index contributed by atoms with van der Waals surface area (Å²) >= 11 is 1.00. The average molecular weight is 215 g/mol. The average Bonchev–Trinajstić information content (AvgIpc) is 2.16. The fourth-order valence-corrected chi connectivity index (χ4v) is 1.23. The van der Waals surface area contributed by atoms with Gasteiger partial charge in [-0.2, -0.15) is 10.3 Å². The van der Waals surface area contributed by atoms with Gasteiger partial charge in [0.25, 0.3) is 0 Å². The zero-order chi connectivity index (χ0) is 11.1. The largest absolute Gasteiger partial charge is 0.468 e. The number of nitrogens with two attached hydrogens (primary N) is 1. The van der Waals surface area contributed by atoms with Crippen LogP contribution in [0.1, 0.15) is 0 Å². The Labute approximate surface area is 85.1 Å². The number of rotatable bonds is 2. The van der Waals surface area contributed by atoms with Gasteiger partial charge in [-0.1, -0.05) is 0 Å². The maximum absolute atomic E-state index is 11.0. The molecule has 0 aromatic heterocycles. The van der Waals surface area contributed by atoms with E-state index in [1.54, 1.807) is 12.3 Å². The molecule has 0 aromatic carbocycles. The van der Waals surface area contributed by atoms with Crippen LogP contribution in [-0.2, 0) is 9.53 Å². The fourth-order valence-electron chi connectivity index (χ4n) is 0.663. The smallest absolute Gasteiger partial charge is 0.339 e. The van der Waals surface area contributed by atoms with Gasteiger partial charge in [-0.05, 0) is 6.26 Å².